The van der Waals surface area contributed by atoms with Crippen LogP contribution < -0.4 is 15.2 Å². The van der Waals surface area contributed by atoms with Crippen molar-refractivity contribution in [1.29, 1.82) is 5.26 Å². The first-order chi connectivity index (χ1) is 11.0. The van der Waals surface area contributed by atoms with E-state index < -0.39 is 0 Å². The Morgan fingerprint density at radius 2 is 1.87 bits per heavy atom. The van der Waals surface area contributed by atoms with Crippen molar-refractivity contribution < 1.29 is 9.47 Å². The van der Waals surface area contributed by atoms with Crippen molar-refractivity contribution >= 4 is 5.69 Å². The van der Waals surface area contributed by atoms with Gasteiger partial charge in [0.1, 0.15) is 29.9 Å². The Balaban J connectivity index is 2.05. The molecule has 1 heterocycles. The van der Waals surface area contributed by atoms with Gasteiger partial charge in [-0.25, -0.2) is 0 Å². The third-order valence-electron chi connectivity index (χ3n) is 3.60. The number of nitriles is 1. The smallest absolute Gasteiger partial charge is 0.122 e. The minimum absolute atomic E-state index is 0.472. The molecule has 5 heteroatoms. The van der Waals surface area contributed by atoms with Gasteiger partial charge in [0.05, 0.1) is 19.3 Å². The van der Waals surface area contributed by atoms with Gasteiger partial charge in [0.25, 0.3) is 0 Å². The summed E-state index contributed by atoms with van der Waals surface area (Å²) in [5.74, 6) is 2.04. The molecule has 0 unspecified atom stereocenters. The molecule has 0 aliphatic carbocycles. The van der Waals surface area contributed by atoms with E-state index in [-0.39, 0.29) is 0 Å². The average Bonchev–Trinajstić information content (AvgIpc) is 2.83. The van der Waals surface area contributed by atoms with Gasteiger partial charge in [-0.2, -0.15) is 5.26 Å². The van der Waals surface area contributed by atoms with Crippen LogP contribution in [0.3, 0.4) is 0 Å². The Labute approximate surface area is 137 Å². The fourth-order valence-electron chi connectivity index (χ4n) is 2.50. The second-order valence-electron chi connectivity index (χ2n) is 5.82. The van der Waals surface area contributed by atoms with Gasteiger partial charge < -0.3 is 19.8 Å². The maximum atomic E-state index is 9.28. The number of nitrogen functional groups attached to an aromatic ring is 1. The van der Waals surface area contributed by atoms with Gasteiger partial charge in [0.15, 0.2) is 0 Å². The molecule has 0 amide bonds. The number of aromatic nitrogens is 1. The minimum Gasteiger partial charge on any atom is -0.497 e. The normalized spacial score (nSPS) is 10.6. The van der Waals surface area contributed by atoms with Crippen molar-refractivity contribution in [3.8, 4) is 17.6 Å². The van der Waals surface area contributed by atoms with Gasteiger partial charge >= 0.3 is 0 Å². The molecule has 5 nitrogen and oxygen atoms in total. The van der Waals surface area contributed by atoms with Crippen LogP contribution >= 0.6 is 0 Å². The lowest BCUT2D eigenvalue weighted by atomic mass is 10.1. The first-order valence-corrected chi connectivity index (χ1v) is 7.70. The molecule has 2 aromatic rings. The number of hydrogen-bond acceptors (Lipinski definition) is 4. The fraction of sp³-hybridized carbons (Fsp3) is 0.389. The summed E-state index contributed by atoms with van der Waals surface area (Å²) < 4.78 is 12.8. The monoisotopic (exact) mass is 313 g/mol. The predicted octanol–water partition coefficient (Wildman–Crippen LogP) is 3.23. The maximum absolute atomic E-state index is 9.28. The van der Waals surface area contributed by atoms with E-state index in [0.29, 0.717) is 30.5 Å². The first-order valence-electron chi connectivity index (χ1n) is 7.70. The number of rotatable bonds is 7. The lowest BCUT2D eigenvalue weighted by Gasteiger charge is -2.14. The maximum Gasteiger partial charge on any atom is 0.122 e. The highest BCUT2D eigenvalue weighted by atomic mass is 16.5. The van der Waals surface area contributed by atoms with Crippen LogP contribution in [0.15, 0.2) is 30.3 Å². The molecule has 0 aliphatic heterocycles. The quantitative estimate of drug-likeness (QED) is 0.851. The van der Waals surface area contributed by atoms with Crippen molar-refractivity contribution in [2.75, 3.05) is 19.5 Å². The van der Waals surface area contributed by atoms with Gasteiger partial charge in [-0.15, -0.1) is 0 Å². The highest BCUT2D eigenvalue weighted by molar-refractivity contribution is 5.50. The molecule has 2 N–H and O–H groups in total. The van der Waals surface area contributed by atoms with E-state index in [9.17, 15) is 5.26 Å². The summed E-state index contributed by atoms with van der Waals surface area (Å²) in [7, 11) is 1.63. The number of nitrogens with two attached hydrogens (primary N) is 1. The highest BCUT2D eigenvalue weighted by Gasteiger charge is 2.14. The molecule has 0 saturated carbocycles. The van der Waals surface area contributed by atoms with E-state index in [4.69, 9.17) is 15.2 Å². The molecule has 23 heavy (non-hydrogen) atoms. The Kier molecular flexibility index (Phi) is 5.53. The van der Waals surface area contributed by atoms with Crippen LogP contribution in [0.4, 0.5) is 5.69 Å². The van der Waals surface area contributed by atoms with Crippen molar-refractivity contribution in [3.05, 3.63) is 41.7 Å². The van der Waals surface area contributed by atoms with Gasteiger partial charge in [0, 0.05) is 5.69 Å². The number of anilines is 1. The standard InChI is InChI=1S/C18H23N3O2/c1-13(2)10-18-17(20)11-14(12-19)21(18)8-9-23-16-6-4-15(22-3)5-7-16/h4-7,11,13H,8-10,20H2,1-3H3. The second kappa shape index (κ2) is 7.59. The molecule has 1 aromatic carbocycles. The number of nitrogens with zero attached hydrogens (tertiary/aromatic N) is 2. The third-order valence-corrected chi connectivity index (χ3v) is 3.60. The predicted molar refractivity (Wildman–Crippen MR) is 90.6 cm³/mol. The van der Waals surface area contributed by atoms with Crippen molar-refractivity contribution in [2.24, 2.45) is 5.92 Å². The van der Waals surface area contributed by atoms with E-state index in [1.54, 1.807) is 13.2 Å². The summed E-state index contributed by atoms with van der Waals surface area (Å²) in [5, 5.41) is 9.28. The molecule has 2 rings (SSSR count). The summed E-state index contributed by atoms with van der Waals surface area (Å²) in [6, 6.07) is 11.4. The Bertz CT molecular complexity index is 682. The molecular weight excluding hydrogens is 290 g/mol. The van der Waals surface area contributed by atoms with Gasteiger partial charge in [-0.05, 0) is 42.7 Å². The number of hydrogen-bond donors (Lipinski definition) is 1. The molecule has 0 atom stereocenters. The van der Waals surface area contributed by atoms with Crippen LogP contribution in [0.2, 0.25) is 0 Å². The summed E-state index contributed by atoms with van der Waals surface area (Å²) >= 11 is 0. The van der Waals surface area contributed by atoms with Gasteiger partial charge in [-0.1, -0.05) is 13.8 Å². The van der Waals surface area contributed by atoms with Crippen LogP contribution in [0.1, 0.15) is 25.2 Å². The highest BCUT2D eigenvalue weighted by Crippen LogP contribution is 2.22. The molecule has 0 aliphatic rings. The number of methoxy groups -OCH3 is 1. The van der Waals surface area contributed by atoms with E-state index >= 15 is 0 Å². The van der Waals surface area contributed by atoms with Crippen LogP contribution in [0, 0.1) is 17.2 Å². The Morgan fingerprint density at radius 3 is 2.43 bits per heavy atom. The number of benzene rings is 1. The van der Waals surface area contributed by atoms with Crippen molar-refractivity contribution in [2.45, 2.75) is 26.8 Å². The summed E-state index contributed by atoms with van der Waals surface area (Å²) in [4.78, 5) is 0. The van der Waals surface area contributed by atoms with E-state index in [1.165, 1.54) is 0 Å². The van der Waals surface area contributed by atoms with Crippen molar-refractivity contribution in [1.82, 2.24) is 4.57 Å². The molecule has 0 bridgehead atoms. The topological polar surface area (TPSA) is 73.2 Å². The third kappa shape index (κ3) is 4.19. The molecule has 0 fully saturated rings. The van der Waals surface area contributed by atoms with Gasteiger partial charge in [-0.3, -0.25) is 0 Å². The van der Waals surface area contributed by atoms with Crippen LogP contribution in [0.25, 0.3) is 0 Å². The molecule has 0 spiro atoms. The lowest BCUT2D eigenvalue weighted by Crippen LogP contribution is -2.14. The van der Waals surface area contributed by atoms with Crippen LogP contribution in [-0.4, -0.2) is 18.3 Å². The fourth-order valence-corrected chi connectivity index (χ4v) is 2.50. The Hall–Kier alpha value is -2.61. The zero-order valence-corrected chi connectivity index (χ0v) is 13.9. The first kappa shape index (κ1) is 16.8. The lowest BCUT2D eigenvalue weighted by molar-refractivity contribution is 0.295. The summed E-state index contributed by atoms with van der Waals surface area (Å²) in [6.07, 6.45) is 0.843. The van der Waals surface area contributed by atoms with E-state index in [1.807, 2.05) is 28.8 Å². The molecule has 0 saturated heterocycles. The molecule has 0 radical (unpaired) electrons. The van der Waals surface area contributed by atoms with Crippen LogP contribution in [0.5, 0.6) is 11.5 Å². The summed E-state index contributed by atoms with van der Waals surface area (Å²) in [5.41, 5.74) is 8.32. The zero-order valence-electron chi connectivity index (χ0n) is 13.9. The van der Waals surface area contributed by atoms with E-state index in [2.05, 4.69) is 19.9 Å². The summed E-state index contributed by atoms with van der Waals surface area (Å²) in [6.45, 7) is 5.34. The molecule has 1 aromatic heterocycles. The zero-order chi connectivity index (χ0) is 16.8. The average molecular weight is 313 g/mol. The largest absolute Gasteiger partial charge is 0.497 e. The Morgan fingerprint density at radius 1 is 1.22 bits per heavy atom. The van der Waals surface area contributed by atoms with Gasteiger partial charge in [0.2, 0.25) is 0 Å². The minimum atomic E-state index is 0.472. The molecular formula is C18H23N3O2. The number of ether oxygens (including phenoxy) is 2. The second-order valence-corrected chi connectivity index (χ2v) is 5.82. The van der Waals surface area contributed by atoms with Crippen LogP contribution in [-0.2, 0) is 13.0 Å². The van der Waals surface area contributed by atoms with Crippen molar-refractivity contribution in [3.63, 3.8) is 0 Å². The molecule has 122 valence electrons. The SMILES string of the molecule is COc1ccc(OCCn2c(C#N)cc(N)c2CC(C)C)cc1. The van der Waals surface area contributed by atoms with E-state index in [0.717, 1.165) is 23.6 Å².